The number of methoxy groups -OCH3 is 1. The molecule has 2 rings (SSSR count). The zero-order chi connectivity index (χ0) is 16.8. The number of anilines is 1. The van der Waals surface area contributed by atoms with Crippen LogP contribution in [0, 0.1) is 11.6 Å². The normalized spacial score (nSPS) is 11.8. The van der Waals surface area contributed by atoms with Gasteiger partial charge >= 0.3 is 0 Å². The molecule has 2 N–H and O–H groups in total. The van der Waals surface area contributed by atoms with Crippen LogP contribution in [0.5, 0.6) is 5.75 Å². The largest absolute Gasteiger partial charge is 0.496 e. The first-order valence-corrected chi connectivity index (χ1v) is 7.17. The monoisotopic (exact) mass is 321 g/mol. The van der Waals surface area contributed by atoms with E-state index in [1.807, 2.05) is 7.05 Å². The second-order valence-corrected chi connectivity index (χ2v) is 5.32. The minimum Gasteiger partial charge on any atom is -0.496 e. The molecule has 23 heavy (non-hydrogen) atoms. The maximum atomic E-state index is 13.3. The van der Waals surface area contributed by atoms with Gasteiger partial charge in [-0.2, -0.15) is 0 Å². The van der Waals surface area contributed by atoms with Crippen LogP contribution in [0.15, 0.2) is 42.5 Å². The third-order valence-corrected chi connectivity index (χ3v) is 3.32. The van der Waals surface area contributed by atoms with Gasteiger partial charge in [-0.3, -0.25) is 4.79 Å². The minimum absolute atomic E-state index is 0.192. The summed E-state index contributed by atoms with van der Waals surface area (Å²) in [5, 5.41) is 2.69. The van der Waals surface area contributed by atoms with E-state index < -0.39 is 0 Å². The lowest BCUT2D eigenvalue weighted by molar-refractivity contribution is -0.885. The Bertz CT molecular complexity index is 675. The number of benzene rings is 2. The van der Waals surface area contributed by atoms with Crippen molar-refractivity contribution < 1.29 is 23.2 Å². The summed E-state index contributed by atoms with van der Waals surface area (Å²) in [5.74, 6) is -0.317. The molecule has 122 valence electrons. The van der Waals surface area contributed by atoms with E-state index in [0.717, 1.165) is 4.90 Å². The van der Waals surface area contributed by atoms with Gasteiger partial charge in [0.05, 0.1) is 19.7 Å². The predicted molar refractivity (Wildman–Crippen MR) is 83.4 cm³/mol. The topological polar surface area (TPSA) is 42.8 Å². The Morgan fingerprint density at radius 2 is 1.78 bits per heavy atom. The van der Waals surface area contributed by atoms with Crippen LogP contribution in [0.25, 0.3) is 0 Å². The van der Waals surface area contributed by atoms with E-state index in [0.29, 0.717) is 23.5 Å². The minimum atomic E-state index is -0.357. The molecule has 0 heterocycles. The summed E-state index contributed by atoms with van der Waals surface area (Å²) >= 11 is 0. The van der Waals surface area contributed by atoms with Crippen LogP contribution in [0.1, 0.15) is 5.56 Å². The molecule has 1 atom stereocenters. The van der Waals surface area contributed by atoms with E-state index in [-0.39, 0.29) is 24.1 Å². The highest BCUT2D eigenvalue weighted by atomic mass is 19.1. The Kier molecular flexibility index (Phi) is 5.65. The highest BCUT2D eigenvalue weighted by molar-refractivity contribution is 5.91. The summed E-state index contributed by atoms with van der Waals surface area (Å²) < 4.78 is 31.4. The van der Waals surface area contributed by atoms with Crippen molar-refractivity contribution in [2.24, 2.45) is 0 Å². The highest BCUT2D eigenvalue weighted by Crippen LogP contribution is 2.18. The van der Waals surface area contributed by atoms with E-state index in [4.69, 9.17) is 4.74 Å². The molecular formula is C17H19F2N2O2+. The molecule has 0 aromatic heterocycles. The van der Waals surface area contributed by atoms with E-state index in [2.05, 4.69) is 5.32 Å². The number of quaternary nitrogens is 1. The van der Waals surface area contributed by atoms with Crippen molar-refractivity contribution in [3.05, 3.63) is 59.7 Å². The van der Waals surface area contributed by atoms with Crippen LogP contribution in [-0.2, 0) is 11.3 Å². The fraction of sp³-hybridized carbons (Fsp3) is 0.235. The summed E-state index contributed by atoms with van der Waals surface area (Å²) in [6.07, 6.45) is 0. The zero-order valence-corrected chi connectivity index (χ0v) is 13.0. The molecule has 0 fully saturated rings. The number of ether oxygens (including phenoxy) is 1. The molecule has 2 aromatic carbocycles. The predicted octanol–water partition coefficient (Wildman–Crippen LogP) is 1.63. The van der Waals surface area contributed by atoms with Crippen molar-refractivity contribution in [2.45, 2.75) is 6.54 Å². The van der Waals surface area contributed by atoms with Crippen molar-refractivity contribution in [1.29, 1.82) is 0 Å². The first-order chi connectivity index (χ1) is 11.0. The maximum absolute atomic E-state index is 13.3. The van der Waals surface area contributed by atoms with Gasteiger partial charge in [-0.1, -0.05) is 0 Å². The quantitative estimate of drug-likeness (QED) is 0.849. The second-order valence-electron chi connectivity index (χ2n) is 5.32. The second kappa shape index (κ2) is 7.69. The van der Waals surface area contributed by atoms with Crippen LogP contribution in [0.2, 0.25) is 0 Å². The van der Waals surface area contributed by atoms with E-state index in [9.17, 15) is 13.6 Å². The van der Waals surface area contributed by atoms with Crippen LogP contribution in [0.4, 0.5) is 14.5 Å². The molecule has 0 saturated heterocycles. The number of nitrogens with one attached hydrogen (secondary N) is 2. The third kappa shape index (κ3) is 5.03. The Morgan fingerprint density at radius 1 is 1.13 bits per heavy atom. The average Bonchev–Trinajstić information content (AvgIpc) is 2.49. The standard InChI is InChI=1S/C17H18F2N2O2/c1-21(10-12-9-14(19)5-8-16(12)23-2)11-17(22)20-15-6-3-13(18)4-7-15/h3-9H,10-11H2,1-2H3,(H,20,22)/p+1. The van der Waals surface area contributed by atoms with Gasteiger partial charge in [0.2, 0.25) is 0 Å². The smallest absolute Gasteiger partial charge is 0.279 e. The molecule has 0 aliphatic rings. The molecule has 4 nitrogen and oxygen atoms in total. The van der Waals surface area contributed by atoms with Gasteiger partial charge in [0.25, 0.3) is 5.91 Å². The van der Waals surface area contributed by atoms with Crippen molar-refractivity contribution in [1.82, 2.24) is 0 Å². The number of amides is 1. The van der Waals surface area contributed by atoms with Gasteiger partial charge in [-0.25, -0.2) is 8.78 Å². The lowest BCUT2D eigenvalue weighted by atomic mass is 10.2. The van der Waals surface area contributed by atoms with E-state index >= 15 is 0 Å². The molecule has 1 unspecified atom stereocenters. The Balaban J connectivity index is 1.93. The van der Waals surface area contributed by atoms with Crippen molar-refractivity contribution in [3.8, 4) is 5.75 Å². The summed E-state index contributed by atoms with van der Waals surface area (Å²) in [5.41, 5.74) is 1.23. The molecule has 0 spiro atoms. The van der Waals surface area contributed by atoms with Crippen LogP contribution < -0.4 is 15.0 Å². The van der Waals surface area contributed by atoms with Gasteiger partial charge in [-0.15, -0.1) is 0 Å². The number of hydrogen-bond donors (Lipinski definition) is 2. The highest BCUT2D eigenvalue weighted by Gasteiger charge is 2.14. The van der Waals surface area contributed by atoms with E-state index in [1.54, 1.807) is 6.07 Å². The van der Waals surface area contributed by atoms with E-state index in [1.165, 1.54) is 43.5 Å². The SMILES string of the molecule is COc1ccc(F)cc1C[NH+](C)CC(=O)Nc1ccc(F)cc1. The first-order valence-electron chi connectivity index (χ1n) is 7.17. The number of carbonyl (C=O) groups excluding carboxylic acids is 1. The molecule has 6 heteroatoms. The molecule has 0 aliphatic carbocycles. The number of rotatable bonds is 6. The van der Waals surface area contributed by atoms with Gasteiger partial charge in [-0.05, 0) is 42.5 Å². The average molecular weight is 321 g/mol. The van der Waals surface area contributed by atoms with Crippen molar-refractivity contribution >= 4 is 11.6 Å². The van der Waals surface area contributed by atoms with Crippen LogP contribution in [-0.4, -0.2) is 26.6 Å². The number of likely N-dealkylation sites (N-methyl/N-ethyl adjacent to an activating group) is 1. The lowest BCUT2D eigenvalue weighted by Gasteiger charge is -2.16. The summed E-state index contributed by atoms with van der Waals surface area (Å²) in [4.78, 5) is 12.9. The van der Waals surface area contributed by atoms with Gasteiger partial charge < -0.3 is 15.0 Å². The Morgan fingerprint density at radius 3 is 2.43 bits per heavy atom. The summed E-state index contributed by atoms with van der Waals surface area (Å²) in [7, 11) is 3.35. The third-order valence-electron chi connectivity index (χ3n) is 3.32. The number of hydrogen-bond acceptors (Lipinski definition) is 2. The molecule has 2 aromatic rings. The molecule has 0 saturated carbocycles. The Hall–Kier alpha value is -2.47. The maximum Gasteiger partial charge on any atom is 0.279 e. The molecule has 0 bridgehead atoms. The summed E-state index contributed by atoms with van der Waals surface area (Å²) in [6.45, 7) is 0.634. The van der Waals surface area contributed by atoms with Gasteiger partial charge in [0.15, 0.2) is 6.54 Å². The first kappa shape index (κ1) is 16.9. The zero-order valence-electron chi connectivity index (χ0n) is 13.0. The summed E-state index contributed by atoms with van der Waals surface area (Å²) in [6, 6.07) is 9.86. The molecule has 0 aliphatic heterocycles. The fourth-order valence-electron chi connectivity index (χ4n) is 2.29. The molecular weight excluding hydrogens is 302 g/mol. The Labute approximate surface area is 133 Å². The molecule has 0 radical (unpaired) electrons. The number of halogens is 2. The number of carbonyl (C=O) groups is 1. The van der Waals surface area contributed by atoms with Crippen molar-refractivity contribution in [3.63, 3.8) is 0 Å². The lowest BCUT2D eigenvalue weighted by Crippen LogP contribution is -3.08. The van der Waals surface area contributed by atoms with Gasteiger partial charge in [0.1, 0.15) is 23.9 Å². The van der Waals surface area contributed by atoms with Crippen molar-refractivity contribution in [2.75, 3.05) is 26.0 Å². The fourth-order valence-corrected chi connectivity index (χ4v) is 2.29. The van der Waals surface area contributed by atoms with Crippen LogP contribution in [0.3, 0.4) is 0 Å². The van der Waals surface area contributed by atoms with Gasteiger partial charge in [0, 0.05) is 5.69 Å². The van der Waals surface area contributed by atoms with Crippen LogP contribution >= 0.6 is 0 Å². The molecule has 1 amide bonds.